The number of rotatable bonds is 6. The second-order valence-corrected chi connectivity index (χ2v) is 7.09. The third kappa shape index (κ3) is 7.93. The van der Waals surface area contributed by atoms with Crippen LogP contribution in [0.25, 0.3) is 0 Å². The summed E-state index contributed by atoms with van der Waals surface area (Å²) in [6.45, 7) is 3.56. The summed E-state index contributed by atoms with van der Waals surface area (Å²) < 4.78 is 0. The number of halogens is 1. The van der Waals surface area contributed by atoms with E-state index in [2.05, 4.69) is 22.5 Å². The summed E-state index contributed by atoms with van der Waals surface area (Å²) in [5, 5.41) is 6.75. The molecule has 26 heavy (non-hydrogen) atoms. The number of carbonyl (C=O) groups excluding carboxylic acids is 1. The highest BCUT2D eigenvalue weighted by Crippen LogP contribution is 2.23. The standard InChI is InChI=1S/C20H32N4O.HI/c1-16-9-11-18(12-10-16)23-20(21-2)22-14-13-19(25)24(3)15-17-7-5-4-6-8-17;/h4-8,16,18H,9-15H2,1-3H3,(H2,21,22,23);1H. The Morgan fingerprint density at radius 1 is 1.19 bits per heavy atom. The number of amides is 1. The van der Waals surface area contributed by atoms with E-state index in [0.29, 0.717) is 25.6 Å². The van der Waals surface area contributed by atoms with Crippen LogP contribution in [0.1, 0.15) is 44.6 Å². The van der Waals surface area contributed by atoms with Crippen molar-refractivity contribution in [2.75, 3.05) is 20.6 Å². The summed E-state index contributed by atoms with van der Waals surface area (Å²) in [4.78, 5) is 18.3. The molecule has 0 aromatic heterocycles. The van der Waals surface area contributed by atoms with Gasteiger partial charge < -0.3 is 15.5 Å². The zero-order chi connectivity index (χ0) is 18.1. The number of guanidine groups is 1. The number of carbonyl (C=O) groups is 1. The third-order valence-corrected chi connectivity index (χ3v) is 4.90. The van der Waals surface area contributed by atoms with Gasteiger partial charge in [0.1, 0.15) is 0 Å². The molecule has 5 nitrogen and oxygen atoms in total. The SMILES string of the molecule is CN=C(NCCC(=O)N(C)Cc1ccccc1)NC1CCC(C)CC1.I. The average Bonchev–Trinajstić information content (AvgIpc) is 2.63. The summed E-state index contributed by atoms with van der Waals surface area (Å²) in [5.74, 6) is 1.78. The van der Waals surface area contributed by atoms with Crippen LogP contribution in [0.4, 0.5) is 0 Å². The number of hydrogen-bond donors (Lipinski definition) is 2. The summed E-state index contributed by atoms with van der Waals surface area (Å²) in [7, 11) is 3.63. The molecule has 1 aromatic carbocycles. The van der Waals surface area contributed by atoms with Crippen LogP contribution in [0.5, 0.6) is 0 Å². The molecule has 0 atom stereocenters. The zero-order valence-electron chi connectivity index (χ0n) is 16.2. The van der Waals surface area contributed by atoms with E-state index in [1.807, 2.05) is 37.4 Å². The molecule has 1 aromatic rings. The van der Waals surface area contributed by atoms with Crippen molar-refractivity contribution in [2.24, 2.45) is 10.9 Å². The van der Waals surface area contributed by atoms with Gasteiger partial charge in [-0.1, -0.05) is 37.3 Å². The van der Waals surface area contributed by atoms with Crippen molar-refractivity contribution in [3.63, 3.8) is 0 Å². The van der Waals surface area contributed by atoms with Crippen molar-refractivity contribution in [3.05, 3.63) is 35.9 Å². The highest BCUT2D eigenvalue weighted by atomic mass is 127. The first-order valence-electron chi connectivity index (χ1n) is 9.33. The first-order chi connectivity index (χ1) is 12.1. The second-order valence-electron chi connectivity index (χ2n) is 7.09. The summed E-state index contributed by atoms with van der Waals surface area (Å²) >= 11 is 0. The van der Waals surface area contributed by atoms with Crippen LogP contribution in [-0.4, -0.2) is 43.4 Å². The Bertz CT molecular complexity index is 556. The molecule has 1 aliphatic rings. The van der Waals surface area contributed by atoms with Gasteiger partial charge in [-0.15, -0.1) is 24.0 Å². The maximum Gasteiger partial charge on any atom is 0.224 e. The molecule has 2 N–H and O–H groups in total. The van der Waals surface area contributed by atoms with Crippen LogP contribution >= 0.6 is 24.0 Å². The summed E-state index contributed by atoms with van der Waals surface area (Å²) in [6, 6.07) is 10.6. The molecule has 0 spiro atoms. The van der Waals surface area contributed by atoms with Gasteiger partial charge in [0.15, 0.2) is 5.96 Å². The minimum Gasteiger partial charge on any atom is -0.356 e. The van der Waals surface area contributed by atoms with Crippen molar-refractivity contribution < 1.29 is 4.79 Å². The van der Waals surface area contributed by atoms with Crippen LogP contribution in [0.15, 0.2) is 35.3 Å². The Labute approximate surface area is 175 Å². The van der Waals surface area contributed by atoms with E-state index in [1.54, 1.807) is 11.9 Å². The van der Waals surface area contributed by atoms with Crippen molar-refractivity contribution in [1.82, 2.24) is 15.5 Å². The first kappa shape index (κ1) is 22.7. The molecule has 0 aliphatic heterocycles. The van der Waals surface area contributed by atoms with Gasteiger partial charge in [-0.05, 0) is 37.2 Å². The Balaban J connectivity index is 0.00000338. The predicted octanol–water partition coefficient (Wildman–Crippen LogP) is 3.40. The molecular weight excluding hydrogens is 439 g/mol. The Hall–Kier alpha value is -1.31. The summed E-state index contributed by atoms with van der Waals surface area (Å²) in [6.07, 6.45) is 5.40. The largest absolute Gasteiger partial charge is 0.356 e. The smallest absolute Gasteiger partial charge is 0.224 e. The molecule has 0 bridgehead atoms. The highest BCUT2D eigenvalue weighted by Gasteiger charge is 2.19. The Morgan fingerprint density at radius 2 is 1.85 bits per heavy atom. The van der Waals surface area contributed by atoms with Crippen LogP contribution < -0.4 is 10.6 Å². The topological polar surface area (TPSA) is 56.7 Å². The lowest BCUT2D eigenvalue weighted by Gasteiger charge is -2.28. The molecule has 6 heteroatoms. The van der Waals surface area contributed by atoms with Gasteiger partial charge >= 0.3 is 0 Å². The van der Waals surface area contributed by atoms with Crippen molar-refractivity contribution in [3.8, 4) is 0 Å². The minimum atomic E-state index is 0. The highest BCUT2D eigenvalue weighted by molar-refractivity contribution is 14.0. The number of nitrogens with zero attached hydrogens (tertiary/aromatic N) is 2. The fourth-order valence-corrected chi connectivity index (χ4v) is 3.22. The number of hydrogen-bond acceptors (Lipinski definition) is 2. The average molecular weight is 472 g/mol. The Morgan fingerprint density at radius 3 is 2.46 bits per heavy atom. The maximum atomic E-state index is 12.3. The molecule has 0 heterocycles. The molecular formula is C20H33IN4O. The monoisotopic (exact) mass is 472 g/mol. The lowest BCUT2D eigenvalue weighted by molar-refractivity contribution is -0.130. The predicted molar refractivity (Wildman–Crippen MR) is 119 cm³/mol. The van der Waals surface area contributed by atoms with Gasteiger partial charge in [0.05, 0.1) is 0 Å². The fourth-order valence-electron chi connectivity index (χ4n) is 3.22. The lowest BCUT2D eigenvalue weighted by Crippen LogP contribution is -2.45. The van der Waals surface area contributed by atoms with E-state index in [1.165, 1.54) is 25.7 Å². The van der Waals surface area contributed by atoms with Gasteiger partial charge in [-0.25, -0.2) is 0 Å². The van der Waals surface area contributed by atoms with E-state index in [4.69, 9.17) is 0 Å². The molecule has 1 amide bonds. The van der Waals surface area contributed by atoms with Crippen LogP contribution in [0.2, 0.25) is 0 Å². The Kier molecular flexibility index (Phi) is 10.6. The summed E-state index contributed by atoms with van der Waals surface area (Å²) in [5.41, 5.74) is 1.15. The van der Waals surface area contributed by atoms with Crippen molar-refractivity contribution >= 4 is 35.8 Å². The van der Waals surface area contributed by atoms with E-state index in [0.717, 1.165) is 17.4 Å². The van der Waals surface area contributed by atoms with Crippen molar-refractivity contribution in [2.45, 2.75) is 51.6 Å². The molecule has 0 radical (unpaired) electrons. The van der Waals surface area contributed by atoms with Crippen LogP contribution in [-0.2, 0) is 11.3 Å². The van der Waals surface area contributed by atoms with Gasteiger partial charge in [0.25, 0.3) is 0 Å². The van der Waals surface area contributed by atoms with E-state index >= 15 is 0 Å². The second kappa shape index (κ2) is 12.1. The van der Waals surface area contributed by atoms with Gasteiger partial charge in [-0.2, -0.15) is 0 Å². The molecule has 0 unspecified atom stereocenters. The van der Waals surface area contributed by atoms with Crippen LogP contribution in [0.3, 0.4) is 0 Å². The van der Waals surface area contributed by atoms with Crippen molar-refractivity contribution in [1.29, 1.82) is 0 Å². The number of aliphatic imine (C=N–C) groups is 1. The van der Waals surface area contributed by atoms with E-state index in [-0.39, 0.29) is 29.9 Å². The quantitative estimate of drug-likeness (QED) is 0.379. The zero-order valence-corrected chi connectivity index (χ0v) is 18.5. The minimum absolute atomic E-state index is 0. The molecule has 1 fully saturated rings. The van der Waals surface area contributed by atoms with E-state index in [9.17, 15) is 4.79 Å². The first-order valence-corrected chi connectivity index (χ1v) is 9.33. The molecule has 1 aliphatic carbocycles. The maximum absolute atomic E-state index is 12.3. The fraction of sp³-hybridized carbons (Fsp3) is 0.600. The molecule has 1 saturated carbocycles. The lowest BCUT2D eigenvalue weighted by atomic mass is 9.87. The number of benzene rings is 1. The molecule has 0 saturated heterocycles. The molecule has 2 rings (SSSR count). The molecule has 146 valence electrons. The van der Waals surface area contributed by atoms with Crippen LogP contribution in [0, 0.1) is 5.92 Å². The third-order valence-electron chi connectivity index (χ3n) is 4.90. The van der Waals surface area contributed by atoms with Gasteiger partial charge in [0.2, 0.25) is 5.91 Å². The van der Waals surface area contributed by atoms with Gasteiger partial charge in [0, 0.05) is 39.6 Å². The van der Waals surface area contributed by atoms with E-state index < -0.39 is 0 Å². The number of nitrogens with one attached hydrogen (secondary N) is 2. The van der Waals surface area contributed by atoms with Gasteiger partial charge in [-0.3, -0.25) is 9.79 Å². The normalized spacial score (nSPS) is 20.0.